The van der Waals surface area contributed by atoms with Crippen LogP contribution in [-0.2, 0) is 57.2 Å². The highest BCUT2D eigenvalue weighted by Crippen LogP contribution is 2.00. The molecule has 0 rings (SSSR count). The summed E-state index contributed by atoms with van der Waals surface area (Å²) in [6.07, 6.45) is -2.51. The van der Waals surface area contributed by atoms with E-state index in [9.17, 15) is 28.8 Å². The summed E-state index contributed by atoms with van der Waals surface area (Å²) in [4.78, 5) is 65.4. The molecule has 0 bridgehead atoms. The van der Waals surface area contributed by atoms with Crippen molar-refractivity contribution in [3.05, 3.63) is 0 Å². The number of aliphatic carboxylic acids is 3. The Bertz CT molecular complexity index is 665. The predicted molar refractivity (Wildman–Crippen MR) is 115 cm³/mol. The maximum absolute atomic E-state index is 11.4. The summed E-state index contributed by atoms with van der Waals surface area (Å²) in [5, 5.41) is 25.6. The van der Waals surface area contributed by atoms with Crippen LogP contribution >= 0.6 is 0 Å². The van der Waals surface area contributed by atoms with E-state index in [4.69, 9.17) is 43.7 Å². The number of hydrogen-bond donors (Lipinski definition) is 3. The van der Waals surface area contributed by atoms with Crippen LogP contribution in [0.1, 0.15) is 38.5 Å². The molecule has 0 aliphatic carbocycles. The first kappa shape index (κ1) is 32.7. The van der Waals surface area contributed by atoms with Gasteiger partial charge < -0.3 is 43.7 Å². The number of rotatable bonds is 23. The molecule has 0 aromatic heterocycles. The highest BCUT2D eigenvalue weighted by Gasteiger charge is 2.13. The number of carbonyl (C=O) groups is 6. The summed E-state index contributed by atoms with van der Waals surface area (Å²) in [6, 6.07) is 0. The van der Waals surface area contributed by atoms with Gasteiger partial charge in [-0.05, 0) is 0 Å². The molecule has 0 aliphatic heterocycles. The predicted octanol–water partition coefficient (Wildman–Crippen LogP) is -0.371. The Morgan fingerprint density at radius 2 is 0.806 bits per heavy atom. The molecule has 3 N–H and O–H groups in total. The lowest BCUT2D eigenvalue weighted by molar-refractivity contribution is -0.152. The SMILES string of the molecule is O=C(O)CCC(=O)OCCOCC(COCCOC(=O)CCC(=O)O)OCCOC(=O)CCC(=O)O. The molecule has 0 saturated carbocycles. The maximum atomic E-state index is 11.4. The van der Waals surface area contributed by atoms with Gasteiger partial charge in [0, 0.05) is 0 Å². The number of carbonyl (C=O) groups excluding carboxylic acids is 3. The normalized spacial score (nSPS) is 10.6. The first-order valence-corrected chi connectivity index (χ1v) is 11.0. The number of carboxylic acids is 3. The van der Waals surface area contributed by atoms with Crippen molar-refractivity contribution in [2.45, 2.75) is 44.6 Å². The summed E-state index contributed by atoms with van der Waals surface area (Å²) >= 11 is 0. The molecule has 0 spiro atoms. The van der Waals surface area contributed by atoms with E-state index >= 15 is 0 Å². The minimum Gasteiger partial charge on any atom is -0.481 e. The van der Waals surface area contributed by atoms with E-state index in [1.54, 1.807) is 0 Å². The van der Waals surface area contributed by atoms with Gasteiger partial charge in [0.1, 0.15) is 25.9 Å². The van der Waals surface area contributed by atoms with E-state index in [1.165, 1.54) is 0 Å². The summed E-state index contributed by atoms with van der Waals surface area (Å²) < 4.78 is 30.7. The molecule has 0 aromatic carbocycles. The smallest absolute Gasteiger partial charge is 0.306 e. The van der Waals surface area contributed by atoms with Crippen molar-refractivity contribution < 1.29 is 72.5 Å². The Morgan fingerprint density at radius 3 is 1.14 bits per heavy atom. The summed E-state index contributed by atoms with van der Waals surface area (Å²) in [5.41, 5.74) is 0. The monoisotopic (exact) mass is 524 g/mol. The van der Waals surface area contributed by atoms with Gasteiger partial charge in [-0.25, -0.2) is 0 Å². The van der Waals surface area contributed by atoms with Crippen molar-refractivity contribution in [2.24, 2.45) is 0 Å². The molecular weight excluding hydrogens is 492 g/mol. The van der Waals surface area contributed by atoms with Crippen molar-refractivity contribution in [3.63, 3.8) is 0 Å². The lowest BCUT2D eigenvalue weighted by Gasteiger charge is -2.18. The molecular formula is C21H32O15. The number of carboxylic acid groups (broad SMARTS) is 3. The van der Waals surface area contributed by atoms with Crippen LogP contribution in [0.4, 0.5) is 0 Å². The average molecular weight is 524 g/mol. The molecule has 15 heteroatoms. The van der Waals surface area contributed by atoms with Crippen molar-refractivity contribution in [1.29, 1.82) is 0 Å². The quantitative estimate of drug-likeness (QED) is 0.0882. The van der Waals surface area contributed by atoms with Crippen LogP contribution in [0, 0.1) is 0 Å². The van der Waals surface area contributed by atoms with E-state index in [2.05, 4.69) is 0 Å². The third-order valence-corrected chi connectivity index (χ3v) is 3.92. The molecule has 206 valence electrons. The molecule has 15 nitrogen and oxygen atoms in total. The molecule has 0 aromatic rings. The summed E-state index contributed by atoms with van der Waals surface area (Å²) in [6.45, 7) is -0.467. The first-order chi connectivity index (χ1) is 17.1. The average Bonchev–Trinajstić information content (AvgIpc) is 2.81. The molecule has 0 unspecified atom stereocenters. The molecule has 0 aliphatic rings. The van der Waals surface area contributed by atoms with Crippen LogP contribution in [-0.4, -0.2) is 110 Å². The van der Waals surface area contributed by atoms with Crippen molar-refractivity contribution in [3.8, 4) is 0 Å². The van der Waals surface area contributed by atoms with Crippen LogP contribution < -0.4 is 0 Å². The van der Waals surface area contributed by atoms with E-state index in [0.717, 1.165) is 0 Å². The van der Waals surface area contributed by atoms with Gasteiger partial charge in [-0.1, -0.05) is 0 Å². The lowest BCUT2D eigenvalue weighted by Crippen LogP contribution is -2.29. The second kappa shape index (κ2) is 21.0. The van der Waals surface area contributed by atoms with Gasteiger partial charge in [0.05, 0.1) is 71.6 Å². The second-order valence-corrected chi connectivity index (χ2v) is 6.99. The van der Waals surface area contributed by atoms with Gasteiger partial charge in [0.25, 0.3) is 0 Å². The van der Waals surface area contributed by atoms with E-state index in [0.29, 0.717) is 0 Å². The Labute approximate surface area is 206 Å². The third kappa shape index (κ3) is 22.5. The lowest BCUT2D eigenvalue weighted by atomic mass is 10.3. The molecule has 36 heavy (non-hydrogen) atoms. The van der Waals surface area contributed by atoms with Crippen LogP contribution in [0.15, 0.2) is 0 Å². The number of hydrogen-bond acceptors (Lipinski definition) is 12. The number of esters is 3. The topological polar surface area (TPSA) is 218 Å². The first-order valence-electron chi connectivity index (χ1n) is 11.0. The van der Waals surface area contributed by atoms with E-state index in [1.807, 2.05) is 0 Å². The highest BCUT2D eigenvalue weighted by molar-refractivity contribution is 5.77. The highest BCUT2D eigenvalue weighted by atomic mass is 16.6. The minimum atomic E-state index is -1.13. The molecule has 0 atom stereocenters. The van der Waals surface area contributed by atoms with Crippen molar-refractivity contribution >= 4 is 35.8 Å². The zero-order chi connectivity index (χ0) is 27.2. The fourth-order valence-electron chi connectivity index (χ4n) is 2.22. The zero-order valence-electron chi connectivity index (χ0n) is 19.7. The largest absolute Gasteiger partial charge is 0.481 e. The van der Waals surface area contributed by atoms with Crippen LogP contribution in [0.5, 0.6) is 0 Å². The molecule has 0 amide bonds. The Kier molecular flexibility index (Phi) is 19.1. The molecule has 0 saturated heterocycles. The van der Waals surface area contributed by atoms with E-state index < -0.39 is 41.9 Å². The second-order valence-electron chi connectivity index (χ2n) is 6.99. The fourth-order valence-corrected chi connectivity index (χ4v) is 2.22. The third-order valence-electron chi connectivity index (χ3n) is 3.92. The Morgan fingerprint density at radius 1 is 0.472 bits per heavy atom. The van der Waals surface area contributed by atoms with E-state index in [-0.39, 0.29) is 91.4 Å². The molecule has 0 radical (unpaired) electrons. The van der Waals surface area contributed by atoms with Crippen molar-refractivity contribution in [1.82, 2.24) is 0 Å². The van der Waals surface area contributed by atoms with Gasteiger partial charge in [0.2, 0.25) is 0 Å². The van der Waals surface area contributed by atoms with Crippen LogP contribution in [0.3, 0.4) is 0 Å². The summed E-state index contributed by atoms with van der Waals surface area (Å²) in [7, 11) is 0. The standard InChI is InChI=1S/C21H32O15/c22-16(23)1-4-19(28)34-9-7-31-13-15(33-11-12-36-21(30)6-3-18(26)27)14-32-8-10-35-20(29)5-2-17(24)25/h15H,1-14H2,(H,22,23)(H,24,25)(H,26,27). The minimum absolute atomic E-state index is 0.00988. The fraction of sp³-hybridized carbons (Fsp3) is 0.714. The Balaban J connectivity index is 4.27. The van der Waals surface area contributed by atoms with Gasteiger partial charge in [-0.15, -0.1) is 0 Å². The van der Waals surface area contributed by atoms with Crippen LogP contribution in [0.25, 0.3) is 0 Å². The van der Waals surface area contributed by atoms with Crippen molar-refractivity contribution in [2.75, 3.05) is 52.9 Å². The zero-order valence-corrected chi connectivity index (χ0v) is 19.7. The molecule has 0 fully saturated rings. The number of ether oxygens (including phenoxy) is 6. The van der Waals surface area contributed by atoms with Gasteiger partial charge >= 0.3 is 35.8 Å². The Hall–Kier alpha value is -3.30. The maximum Gasteiger partial charge on any atom is 0.306 e. The summed E-state index contributed by atoms with van der Waals surface area (Å²) in [5.74, 6) is -5.42. The van der Waals surface area contributed by atoms with Gasteiger partial charge in [-0.2, -0.15) is 0 Å². The van der Waals surface area contributed by atoms with Gasteiger partial charge in [0.15, 0.2) is 0 Å². The van der Waals surface area contributed by atoms with Crippen LogP contribution in [0.2, 0.25) is 0 Å². The molecule has 0 heterocycles. The van der Waals surface area contributed by atoms with Gasteiger partial charge in [-0.3, -0.25) is 28.8 Å².